The molecule has 0 aliphatic carbocycles. The minimum Gasteiger partial charge on any atom is -0.493 e. The van der Waals surface area contributed by atoms with Gasteiger partial charge in [-0.15, -0.1) is 0 Å². The van der Waals surface area contributed by atoms with Crippen molar-refractivity contribution >= 4 is 58.3 Å². The number of ether oxygens (including phenoxy) is 2. The van der Waals surface area contributed by atoms with Crippen LogP contribution in [0.5, 0.6) is 11.5 Å². The van der Waals surface area contributed by atoms with Crippen LogP contribution in [0.3, 0.4) is 0 Å². The number of carboxylic acids is 1. The molecular formula is C34H33Cl3N4O6. The summed E-state index contributed by atoms with van der Waals surface area (Å²) in [6.07, 6.45) is 4.89. The molecule has 0 bridgehead atoms. The number of carbonyl (C=O) groups excluding carboxylic acids is 2. The van der Waals surface area contributed by atoms with Crippen molar-refractivity contribution in [2.24, 2.45) is 0 Å². The standard InChI is InChI=1S/C34H33Cl3N4O6/c1-21-26(35)7-3-9-30(21)46-14-4-10-31(42)41-13-5-15-47-33-24(6-2-8-29(33)41)23-18-39-40(19-23)20-25-27(36)16-22(17-28(25)37)34(45)38-12-11-32(43)44/h2-3,6-9,16-19H,4-5,10-15,20H2,1H3,(H,38,45)(H,43,44). The molecular weight excluding hydrogens is 667 g/mol. The molecule has 13 heteroatoms. The zero-order valence-corrected chi connectivity index (χ0v) is 27.9. The number of aromatic nitrogens is 2. The first kappa shape index (κ1) is 34.1. The molecule has 1 aromatic heterocycles. The van der Waals surface area contributed by atoms with Crippen LogP contribution in [0, 0.1) is 6.92 Å². The number of para-hydroxylation sites is 1. The van der Waals surface area contributed by atoms with E-state index in [0.717, 1.165) is 16.7 Å². The van der Waals surface area contributed by atoms with E-state index in [9.17, 15) is 14.4 Å². The molecule has 47 heavy (non-hydrogen) atoms. The minimum atomic E-state index is -1.01. The maximum Gasteiger partial charge on any atom is 0.305 e. The number of nitrogens with one attached hydrogen (secondary N) is 1. The number of anilines is 1. The van der Waals surface area contributed by atoms with Crippen LogP contribution in [-0.4, -0.2) is 59.0 Å². The summed E-state index contributed by atoms with van der Waals surface area (Å²) in [4.78, 5) is 38.3. The molecule has 1 aliphatic rings. The summed E-state index contributed by atoms with van der Waals surface area (Å²) in [5.74, 6) is -0.178. The van der Waals surface area contributed by atoms with E-state index in [1.54, 1.807) is 15.8 Å². The first-order chi connectivity index (χ1) is 22.6. The van der Waals surface area contributed by atoms with Crippen molar-refractivity contribution < 1.29 is 29.0 Å². The van der Waals surface area contributed by atoms with Gasteiger partial charge in [-0.05, 0) is 50.1 Å². The van der Waals surface area contributed by atoms with Gasteiger partial charge in [0.1, 0.15) is 5.75 Å². The highest BCUT2D eigenvalue weighted by Crippen LogP contribution is 2.40. The van der Waals surface area contributed by atoms with Crippen LogP contribution >= 0.6 is 34.8 Å². The lowest BCUT2D eigenvalue weighted by molar-refractivity contribution is -0.136. The van der Waals surface area contributed by atoms with Gasteiger partial charge in [0.25, 0.3) is 5.91 Å². The van der Waals surface area contributed by atoms with E-state index < -0.39 is 11.9 Å². The number of hydrogen-bond acceptors (Lipinski definition) is 6. The number of hydrogen-bond donors (Lipinski definition) is 2. The molecule has 3 aromatic carbocycles. The summed E-state index contributed by atoms with van der Waals surface area (Å²) in [5.41, 5.74) is 3.94. The van der Waals surface area contributed by atoms with Crippen LogP contribution in [0.25, 0.3) is 11.1 Å². The zero-order valence-electron chi connectivity index (χ0n) is 25.6. The average Bonchev–Trinajstić information content (AvgIpc) is 3.39. The van der Waals surface area contributed by atoms with Gasteiger partial charge in [0.2, 0.25) is 5.91 Å². The normalized spacial score (nSPS) is 12.6. The summed E-state index contributed by atoms with van der Waals surface area (Å²) in [7, 11) is 0. The van der Waals surface area contributed by atoms with E-state index >= 15 is 0 Å². The van der Waals surface area contributed by atoms with Crippen LogP contribution in [0.4, 0.5) is 5.69 Å². The van der Waals surface area contributed by atoms with Crippen LogP contribution in [0.15, 0.2) is 60.9 Å². The quantitative estimate of drug-likeness (QED) is 0.152. The fraction of sp³-hybridized carbons (Fsp3) is 0.294. The Morgan fingerprint density at radius 3 is 2.57 bits per heavy atom. The molecule has 2 heterocycles. The van der Waals surface area contributed by atoms with E-state index in [-0.39, 0.29) is 41.0 Å². The Kier molecular flexibility index (Phi) is 11.3. The van der Waals surface area contributed by atoms with Crippen molar-refractivity contribution in [3.05, 3.63) is 92.7 Å². The van der Waals surface area contributed by atoms with Gasteiger partial charge >= 0.3 is 5.97 Å². The van der Waals surface area contributed by atoms with Crippen LogP contribution < -0.4 is 19.7 Å². The molecule has 2 N–H and O–H groups in total. The third-order valence-corrected chi connectivity index (χ3v) is 8.75. The summed E-state index contributed by atoms with van der Waals surface area (Å²) in [6.45, 7) is 3.50. The highest BCUT2D eigenvalue weighted by molar-refractivity contribution is 6.36. The number of nitrogens with zero attached hydrogens (tertiary/aromatic N) is 3. The van der Waals surface area contributed by atoms with Gasteiger partial charge in [-0.1, -0.05) is 53.0 Å². The number of carboxylic acid groups (broad SMARTS) is 1. The van der Waals surface area contributed by atoms with Crippen molar-refractivity contribution in [1.29, 1.82) is 0 Å². The summed E-state index contributed by atoms with van der Waals surface area (Å²) in [6, 6.07) is 14.2. The highest BCUT2D eigenvalue weighted by Gasteiger charge is 2.25. The molecule has 0 spiro atoms. The fourth-order valence-electron chi connectivity index (χ4n) is 5.20. The Bertz CT molecular complexity index is 1770. The van der Waals surface area contributed by atoms with Gasteiger partial charge < -0.3 is 24.8 Å². The number of amides is 2. The van der Waals surface area contributed by atoms with Crippen molar-refractivity contribution in [3.63, 3.8) is 0 Å². The first-order valence-corrected chi connectivity index (χ1v) is 16.2. The van der Waals surface area contributed by atoms with Gasteiger partial charge in [-0.2, -0.15) is 5.10 Å². The van der Waals surface area contributed by atoms with E-state index in [1.165, 1.54) is 12.1 Å². The number of halogens is 3. The number of benzene rings is 3. The summed E-state index contributed by atoms with van der Waals surface area (Å²) in [5, 5.41) is 17.0. The number of rotatable bonds is 12. The Morgan fingerprint density at radius 1 is 1.04 bits per heavy atom. The SMILES string of the molecule is Cc1c(Cl)cccc1OCCCC(=O)N1CCCOc2c(-c3cnn(Cc4c(Cl)cc(C(=O)NCCC(=O)O)cc4Cl)c3)cccc21. The lowest BCUT2D eigenvalue weighted by Gasteiger charge is -2.23. The molecule has 0 saturated carbocycles. The molecule has 0 radical (unpaired) electrons. The van der Waals surface area contributed by atoms with Crippen molar-refractivity contribution in [2.75, 3.05) is 31.2 Å². The third kappa shape index (κ3) is 8.38. The summed E-state index contributed by atoms with van der Waals surface area (Å²) >= 11 is 19.2. The highest BCUT2D eigenvalue weighted by atomic mass is 35.5. The molecule has 10 nitrogen and oxygen atoms in total. The molecule has 246 valence electrons. The van der Waals surface area contributed by atoms with E-state index in [2.05, 4.69) is 10.4 Å². The lowest BCUT2D eigenvalue weighted by atomic mass is 10.1. The predicted octanol–water partition coefficient (Wildman–Crippen LogP) is 7.05. The van der Waals surface area contributed by atoms with Crippen LogP contribution in [0.1, 0.15) is 47.2 Å². The average molecular weight is 700 g/mol. The zero-order chi connectivity index (χ0) is 33.5. The first-order valence-electron chi connectivity index (χ1n) is 15.1. The lowest BCUT2D eigenvalue weighted by Crippen LogP contribution is -2.31. The van der Waals surface area contributed by atoms with Crippen LogP contribution in [-0.2, 0) is 16.1 Å². The van der Waals surface area contributed by atoms with Crippen LogP contribution in [0.2, 0.25) is 15.1 Å². The van der Waals surface area contributed by atoms with E-state index in [1.807, 2.05) is 49.5 Å². The van der Waals surface area contributed by atoms with Crippen molar-refractivity contribution in [1.82, 2.24) is 15.1 Å². The van der Waals surface area contributed by atoms with Crippen molar-refractivity contribution in [3.8, 4) is 22.6 Å². The van der Waals surface area contributed by atoms with Gasteiger partial charge in [0, 0.05) is 68.6 Å². The molecule has 4 aromatic rings. The summed E-state index contributed by atoms with van der Waals surface area (Å²) < 4.78 is 13.7. The smallest absolute Gasteiger partial charge is 0.305 e. The molecule has 0 atom stereocenters. The Balaban J connectivity index is 1.27. The fourth-order valence-corrected chi connectivity index (χ4v) is 5.97. The Labute approximate surface area is 287 Å². The second-order valence-corrected chi connectivity index (χ2v) is 12.2. The predicted molar refractivity (Wildman–Crippen MR) is 181 cm³/mol. The van der Waals surface area contributed by atoms with Gasteiger partial charge in [0.05, 0.1) is 38.1 Å². The molecule has 0 unspecified atom stereocenters. The maximum absolute atomic E-state index is 13.4. The second kappa shape index (κ2) is 15.6. The largest absolute Gasteiger partial charge is 0.493 e. The maximum atomic E-state index is 13.4. The number of aliphatic carboxylic acids is 1. The Morgan fingerprint density at radius 2 is 1.81 bits per heavy atom. The minimum absolute atomic E-state index is 0.0143. The number of fused-ring (bicyclic) bond motifs is 1. The monoisotopic (exact) mass is 698 g/mol. The molecule has 0 fully saturated rings. The molecule has 0 saturated heterocycles. The van der Waals surface area contributed by atoms with Crippen molar-refractivity contribution in [2.45, 2.75) is 39.2 Å². The van der Waals surface area contributed by atoms with Gasteiger partial charge in [0.15, 0.2) is 5.75 Å². The molecule has 5 rings (SSSR count). The Hall–Kier alpha value is -4.25. The molecule has 2 amide bonds. The number of carbonyl (C=O) groups is 3. The third-order valence-electron chi connectivity index (χ3n) is 7.66. The molecule has 1 aliphatic heterocycles. The topological polar surface area (TPSA) is 123 Å². The van der Waals surface area contributed by atoms with E-state index in [4.69, 9.17) is 49.4 Å². The van der Waals surface area contributed by atoms with Gasteiger partial charge in [-0.3, -0.25) is 19.1 Å². The second-order valence-electron chi connectivity index (χ2n) is 11.0. The van der Waals surface area contributed by atoms with Gasteiger partial charge in [-0.25, -0.2) is 0 Å². The van der Waals surface area contributed by atoms with E-state index in [0.29, 0.717) is 66.8 Å².